The third kappa shape index (κ3) is 2.90. The van der Waals surface area contributed by atoms with Gasteiger partial charge in [0, 0.05) is 37.8 Å². The summed E-state index contributed by atoms with van der Waals surface area (Å²) in [4.78, 5) is 17.2. The number of nitrogens with zero attached hydrogens (tertiary/aromatic N) is 3. The molecule has 2 aliphatic heterocycles. The van der Waals surface area contributed by atoms with Gasteiger partial charge in [0.1, 0.15) is 5.76 Å². The molecule has 0 N–H and O–H groups in total. The lowest BCUT2D eigenvalue weighted by Crippen LogP contribution is -2.45. The minimum absolute atomic E-state index is 0.185. The fourth-order valence-electron chi connectivity index (χ4n) is 3.69. The van der Waals surface area contributed by atoms with Gasteiger partial charge in [-0.3, -0.25) is 9.69 Å². The van der Waals surface area contributed by atoms with Crippen LogP contribution in [-0.4, -0.2) is 66.3 Å². The molecular weight excluding hydrogens is 282 g/mol. The third-order valence-electron chi connectivity index (χ3n) is 4.93. The first-order chi connectivity index (χ1) is 10.6. The first-order valence-electron chi connectivity index (χ1n) is 8.11. The molecule has 0 unspecified atom stereocenters. The zero-order chi connectivity index (χ0) is 15.7. The van der Waals surface area contributed by atoms with Crippen molar-refractivity contribution in [1.82, 2.24) is 15.0 Å². The Kier molecular flexibility index (Phi) is 4.49. The lowest BCUT2D eigenvalue weighted by molar-refractivity contribution is -0.131. The molecule has 6 heteroatoms. The maximum Gasteiger partial charge on any atom is 0.230 e. The molecule has 3 rings (SSSR count). The monoisotopic (exact) mass is 307 g/mol. The molecule has 2 aliphatic rings. The number of aryl methyl sites for hydroxylation is 2. The van der Waals surface area contributed by atoms with Crippen LogP contribution in [0.1, 0.15) is 36.3 Å². The van der Waals surface area contributed by atoms with Crippen LogP contribution in [0, 0.1) is 13.8 Å². The van der Waals surface area contributed by atoms with Crippen molar-refractivity contribution in [3.63, 3.8) is 0 Å². The number of aromatic nitrogens is 1. The van der Waals surface area contributed by atoms with Crippen LogP contribution >= 0.6 is 0 Å². The van der Waals surface area contributed by atoms with Crippen molar-refractivity contribution in [3.8, 4) is 0 Å². The highest BCUT2D eigenvalue weighted by molar-refractivity contribution is 5.84. The first kappa shape index (κ1) is 15.5. The number of hydrogen-bond acceptors (Lipinski definition) is 5. The maximum atomic E-state index is 12.8. The van der Waals surface area contributed by atoms with Crippen molar-refractivity contribution in [2.75, 3.05) is 39.4 Å². The molecule has 3 heterocycles. The second-order valence-electron chi connectivity index (χ2n) is 6.33. The van der Waals surface area contributed by atoms with Crippen molar-refractivity contribution < 1.29 is 14.1 Å². The number of rotatable bonds is 3. The molecule has 1 aromatic rings. The Morgan fingerprint density at radius 3 is 2.64 bits per heavy atom. The van der Waals surface area contributed by atoms with Crippen LogP contribution in [0.25, 0.3) is 0 Å². The topological polar surface area (TPSA) is 58.8 Å². The van der Waals surface area contributed by atoms with E-state index in [2.05, 4.69) is 10.1 Å². The molecule has 0 aliphatic carbocycles. The number of morpholine rings is 1. The Balaban J connectivity index is 1.63. The van der Waals surface area contributed by atoms with E-state index in [1.807, 2.05) is 25.7 Å². The molecular formula is C16H25N3O3. The zero-order valence-electron chi connectivity index (χ0n) is 13.7. The van der Waals surface area contributed by atoms with Crippen molar-refractivity contribution in [3.05, 3.63) is 17.0 Å². The summed E-state index contributed by atoms with van der Waals surface area (Å²) in [6.45, 7) is 11.0. The van der Waals surface area contributed by atoms with Crippen LogP contribution in [0.5, 0.6) is 0 Å². The van der Waals surface area contributed by atoms with E-state index in [-0.39, 0.29) is 11.8 Å². The molecule has 122 valence electrons. The molecule has 22 heavy (non-hydrogen) atoms. The number of carbonyl (C=O) groups is 1. The number of hydrogen-bond donors (Lipinski definition) is 0. The van der Waals surface area contributed by atoms with E-state index >= 15 is 0 Å². The molecule has 0 radical (unpaired) electrons. The summed E-state index contributed by atoms with van der Waals surface area (Å²) < 4.78 is 10.6. The molecule has 0 bridgehead atoms. The van der Waals surface area contributed by atoms with Gasteiger partial charge in [-0.1, -0.05) is 5.16 Å². The second-order valence-corrected chi connectivity index (χ2v) is 6.33. The normalized spacial score (nSPS) is 24.7. The zero-order valence-corrected chi connectivity index (χ0v) is 13.7. The second kappa shape index (κ2) is 6.38. The molecule has 0 saturated carbocycles. The average molecular weight is 307 g/mol. The maximum absolute atomic E-state index is 12.8. The van der Waals surface area contributed by atoms with Gasteiger partial charge in [0.15, 0.2) is 0 Å². The van der Waals surface area contributed by atoms with Crippen LogP contribution in [0.15, 0.2) is 4.52 Å². The molecule has 2 fully saturated rings. The Hall–Kier alpha value is -1.40. The number of amides is 1. The van der Waals surface area contributed by atoms with E-state index in [0.29, 0.717) is 6.04 Å². The SMILES string of the molecule is Cc1noc(C)c1[C@H](C)C(=O)N1CC[C@@H](N2CCOCC2)C1. The number of ether oxygens (including phenoxy) is 1. The molecule has 1 aromatic heterocycles. The van der Waals surface area contributed by atoms with Gasteiger partial charge in [-0.05, 0) is 27.2 Å². The number of carbonyl (C=O) groups excluding carboxylic acids is 1. The third-order valence-corrected chi connectivity index (χ3v) is 4.93. The lowest BCUT2D eigenvalue weighted by Gasteiger charge is -2.32. The largest absolute Gasteiger partial charge is 0.379 e. The Morgan fingerprint density at radius 2 is 2.00 bits per heavy atom. The van der Waals surface area contributed by atoms with Crippen LogP contribution in [-0.2, 0) is 9.53 Å². The summed E-state index contributed by atoms with van der Waals surface area (Å²) in [5.41, 5.74) is 1.77. The van der Waals surface area contributed by atoms with E-state index in [0.717, 1.165) is 62.8 Å². The van der Waals surface area contributed by atoms with Gasteiger partial charge in [-0.15, -0.1) is 0 Å². The minimum Gasteiger partial charge on any atom is -0.379 e. The predicted molar refractivity (Wildman–Crippen MR) is 81.8 cm³/mol. The van der Waals surface area contributed by atoms with Gasteiger partial charge >= 0.3 is 0 Å². The summed E-state index contributed by atoms with van der Waals surface area (Å²) in [6.07, 6.45) is 1.06. The highest BCUT2D eigenvalue weighted by atomic mass is 16.5. The van der Waals surface area contributed by atoms with Crippen molar-refractivity contribution in [2.45, 2.75) is 39.2 Å². The van der Waals surface area contributed by atoms with Gasteiger partial charge in [-0.25, -0.2) is 0 Å². The molecule has 2 saturated heterocycles. The van der Waals surface area contributed by atoms with Gasteiger partial charge < -0.3 is 14.2 Å². The number of likely N-dealkylation sites (tertiary alicyclic amines) is 1. The van der Waals surface area contributed by atoms with Crippen LogP contribution < -0.4 is 0 Å². The Labute approximate surface area is 131 Å². The van der Waals surface area contributed by atoms with Gasteiger partial charge in [0.2, 0.25) is 5.91 Å². The highest BCUT2D eigenvalue weighted by Crippen LogP contribution is 2.27. The Bertz CT molecular complexity index is 517. The van der Waals surface area contributed by atoms with Gasteiger partial charge in [-0.2, -0.15) is 0 Å². The smallest absolute Gasteiger partial charge is 0.230 e. The summed E-state index contributed by atoms with van der Waals surface area (Å²) in [7, 11) is 0. The molecule has 1 amide bonds. The van der Waals surface area contributed by atoms with Crippen molar-refractivity contribution >= 4 is 5.91 Å². The van der Waals surface area contributed by atoms with Crippen LogP contribution in [0.2, 0.25) is 0 Å². The Morgan fingerprint density at radius 1 is 1.27 bits per heavy atom. The fourth-order valence-corrected chi connectivity index (χ4v) is 3.69. The quantitative estimate of drug-likeness (QED) is 0.843. The minimum atomic E-state index is -0.185. The standard InChI is InChI=1S/C16H25N3O3/c1-11(15-12(2)17-22-13(15)3)16(20)19-5-4-14(10-19)18-6-8-21-9-7-18/h11,14H,4-10H2,1-3H3/t11-,14+/m0/s1. The first-order valence-corrected chi connectivity index (χ1v) is 8.11. The van der Waals surface area contributed by atoms with E-state index < -0.39 is 0 Å². The van der Waals surface area contributed by atoms with E-state index in [1.54, 1.807) is 0 Å². The van der Waals surface area contributed by atoms with E-state index in [1.165, 1.54) is 0 Å². The van der Waals surface area contributed by atoms with Gasteiger partial charge in [0.05, 0.1) is 24.8 Å². The summed E-state index contributed by atoms with van der Waals surface area (Å²) >= 11 is 0. The van der Waals surface area contributed by atoms with Gasteiger partial charge in [0.25, 0.3) is 0 Å². The van der Waals surface area contributed by atoms with Crippen LogP contribution in [0.4, 0.5) is 0 Å². The van der Waals surface area contributed by atoms with Crippen LogP contribution in [0.3, 0.4) is 0 Å². The summed E-state index contributed by atoms with van der Waals surface area (Å²) in [5, 5.41) is 3.97. The molecule has 2 atom stereocenters. The summed E-state index contributed by atoms with van der Waals surface area (Å²) in [6, 6.07) is 0.477. The van der Waals surface area contributed by atoms with E-state index in [9.17, 15) is 4.79 Å². The molecule has 0 spiro atoms. The van der Waals surface area contributed by atoms with Crippen molar-refractivity contribution in [1.29, 1.82) is 0 Å². The van der Waals surface area contributed by atoms with E-state index in [4.69, 9.17) is 9.26 Å². The molecule has 6 nitrogen and oxygen atoms in total. The lowest BCUT2D eigenvalue weighted by atomic mass is 9.98. The fraction of sp³-hybridized carbons (Fsp3) is 0.750. The summed E-state index contributed by atoms with van der Waals surface area (Å²) in [5.74, 6) is 0.752. The van der Waals surface area contributed by atoms with Crippen molar-refractivity contribution in [2.24, 2.45) is 0 Å². The average Bonchev–Trinajstić information content (AvgIpc) is 3.14. The highest BCUT2D eigenvalue weighted by Gasteiger charge is 2.34. The predicted octanol–water partition coefficient (Wildman–Crippen LogP) is 1.33. The molecule has 0 aromatic carbocycles.